The molecule has 2 aromatic carbocycles. The molecular weight excluding hydrogens is 366 g/mol. The number of nitrogens with zero attached hydrogens (tertiary/aromatic N) is 4. The molecular formula is C22H23N5O2. The summed E-state index contributed by atoms with van der Waals surface area (Å²) in [6.45, 7) is 4.50. The van der Waals surface area contributed by atoms with Crippen LogP contribution in [-0.2, 0) is 11.2 Å². The topological polar surface area (TPSA) is 80.1 Å². The van der Waals surface area contributed by atoms with Crippen LogP contribution in [0.3, 0.4) is 0 Å². The van der Waals surface area contributed by atoms with Gasteiger partial charge in [-0.05, 0) is 54.8 Å². The lowest BCUT2D eigenvalue weighted by atomic mass is 10.1. The van der Waals surface area contributed by atoms with Crippen LogP contribution in [0.4, 0.5) is 5.69 Å². The molecule has 1 unspecified atom stereocenters. The summed E-state index contributed by atoms with van der Waals surface area (Å²) in [4.78, 5) is 30.5. The van der Waals surface area contributed by atoms with Crippen molar-refractivity contribution in [1.29, 1.82) is 0 Å². The largest absolute Gasteiger partial charge is 0.346 e. The van der Waals surface area contributed by atoms with Gasteiger partial charge in [-0.1, -0.05) is 19.1 Å². The second-order valence-corrected chi connectivity index (χ2v) is 7.12. The van der Waals surface area contributed by atoms with E-state index >= 15 is 0 Å². The Morgan fingerprint density at radius 2 is 1.97 bits per heavy atom. The second-order valence-electron chi connectivity index (χ2n) is 7.12. The van der Waals surface area contributed by atoms with Crippen molar-refractivity contribution < 1.29 is 9.59 Å². The lowest BCUT2D eigenvalue weighted by Gasteiger charge is -2.17. The molecule has 2 heterocycles. The van der Waals surface area contributed by atoms with Crippen molar-refractivity contribution in [3.05, 3.63) is 71.8 Å². The van der Waals surface area contributed by atoms with Crippen molar-refractivity contribution >= 4 is 17.5 Å². The van der Waals surface area contributed by atoms with Gasteiger partial charge in [-0.2, -0.15) is 5.10 Å². The van der Waals surface area contributed by atoms with Gasteiger partial charge >= 0.3 is 0 Å². The highest BCUT2D eigenvalue weighted by Gasteiger charge is 2.24. The highest BCUT2D eigenvalue weighted by molar-refractivity contribution is 5.98. The average Bonchev–Trinajstić information content (AvgIpc) is 3.43. The van der Waals surface area contributed by atoms with Crippen molar-refractivity contribution in [2.24, 2.45) is 0 Å². The minimum absolute atomic E-state index is 0.115. The van der Waals surface area contributed by atoms with E-state index in [9.17, 15) is 9.59 Å². The van der Waals surface area contributed by atoms with Crippen molar-refractivity contribution in [2.75, 3.05) is 11.4 Å². The number of fused-ring (bicyclic) bond motifs is 1. The minimum Gasteiger partial charge on any atom is -0.346 e. The molecule has 1 atom stereocenters. The number of amides is 2. The molecule has 7 nitrogen and oxygen atoms in total. The minimum atomic E-state index is -0.140. The predicted octanol–water partition coefficient (Wildman–Crippen LogP) is 3.06. The van der Waals surface area contributed by atoms with Crippen LogP contribution in [0.2, 0.25) is 0 Å². The Morgan fingerprint density at radius 3 is 2.66 bits per heavy atom. The number of hydrogen-bond acceptors (Lipinski definition) is 4. The van der Waals surface area contributed by atoms with Crippen LogP contribution in [0, 0.1) is 0 Å². The van der Waals surface area contributed by atoms with Crippen molar-refractivity contribution in [3.63, 3.8) is 0 Å². The number of carbonyl (C=O) groups excluding carboxylic acids is 2. The van der Waals surface area contributed by atoms with Crippen LogP contribution >= 0.6 is 0 Å². The van der Waals surface area contributed by atoms with Crippen LogP contribution in [0.1, 0.15) is 47.8 Å². The van der Waals surface area contributed by atoms with Gasteiger partial charge in [0.05, 0.1) is 11.7 Å². The number of nitrogens with one attached hydrogen (secondary N) is 1. The Balaban J connectivity index is 1.45. The molecule has 0 bridgehead atoms. The third kappa shape index (κ3) is 3.76. The molecule has 1 aromatic heterocycles. The van der Waals surface area contributed by atoms with E-state index in [0.29, 0.717) is 18.5 Å². The summed E-state index contributed by atoms with van der Waals surface area (Å²) in [5, 5.41) is 7.16. The molecule has 0 saturated heterocycles. The van der Waals surface area contributed by atoms with E-state index < -0.39 is 0 Å². The first-order valence-corrected chi connectivity index (χ1v) is 9.76. The van der Waals surface area contributed by atoms with Gasteiger partial charge in [-0.3, -0.25) is 9.59 Å². The summed E-state index contributed by atoms with van der Waals surface area (Å²) >= 11 is 0. The third-order valence-electron chi connectivity index (χ3n) is 5.26. The van der Waals surface area contributed by atoms with E-state index in [-0.39, 0.29) is 17.9 Å². The molecule has 0 spiro atoms. The highest BCUT2D eigenvalue weighted by Crippen LogP contribution is 2.29. The number of hydrogen-bond donors (Lipinski definition) is 1. The first-order valence-electron chi connectivity index (χ1n) is 9.76. The van der Waals surface area contributed by atoms with E-state index in [2.05, 4.69) is 15.4 Å². The van der Waals surface area contributed by atoms with E-state index in [4.69, 9.17) is 0 Å². The Kier molecular flexibility index (Phi) is 5.12. The first kappa shape index (κ1) is 18.9. The fourth-order valence-corrected chi connectivity index (χ4v) is 3.61. The summed E-state index contributed by atoms with van der Waals surface area (Å²) in [7, 11) is 0. The SMILES string of the molecule is CCC(=O)N1CCc2cc(C(=O)NC(C)c3ccc(-n4cncn4)cc3)ccc21. The Labute approximate surface area is 169 Å². The molecule has 3 aromatic rings. The summed E-state index contributed by atoms with van der Waals surface area (Å²) in [6, 6.07) is 13.3. The van der Waals surface area contributed by atoms with Crippen LogP contribution in [0.25, 0.3) is 5.69 Å². The van der Waals surface area contributed by atoms with Gasteiger partial charge < -0.3 is 10.2 Å². The average molecular weight is 389 g/mol. The Hall–Kier alpha value is -3.48. The van der Waals surface area contributed by atoms with Crippen molar-refractivity contribution in [3.8, 4) is 5.69 Å². The smallest absolute Gasteiger partial charge is 0.251 e. The van der Waals surface area contributed by atoms with Crippen LogP contribution in [0.5, 0.6) is 0 Å². The molecule has 1 aliphatic heterocycles. The molecule has 0 fully saturated rings. The molecule has 1 N–H and O–H groups in total. The van der Waals surface area contributed by atoms with Gasteiger partial charge in [0.15, 0.2) is 0 Å². The predicted molar refractivity (Wildman–Crippen MR) is 110 cm³/mol. The van der Waals surface area contributed by atoms with Crippen molar-refractivity contribution in [2.45, 2.75) is 32.7 Å². The van der Waals surface area contributed by atoms with Crippen LogP contribution in [0.15, 0.2) is 55.1 Å². The van der Waals surface area contributed by atoms with E-state index in [1.807, 2.05) is 50.2 Å². The highest BCUT2D eigenvalue weighted by atomic mass is 16.2. The fourth-order valence-electron chi connectivity index (χ4n) is 3.61. The number of rotatable bonds is 5. The molecule has 2 amide bonds. The van der Waals surface area contributed by atoms with E-state index in [1.54, 1.807) is 22.0 Å². The first-order chi connectivity index (χ1) is 14.1. The number of anilines is 1. The zero-order valence-corrected chi connectivity index (χ0v) is 16.5. The van der Waals surface area contributed by atoms with E-state index in [0.717, 1.165) is 28.9 Å². The monoisotopic (exact) mass is 389 g/mol. The molecule has 0 aliphatic carbocycles. The maximum absolute atomic E-state index is 12.7. The molecule has 0 saturated carbocycles. The third-order valence-corrected chi connectivity index (χ3v) is 5.26. The molecule has 148 valence electrons. The van der Waals surface area contributed by atoms with E-state index in [1.165, 1.54) is 6.33 Å². The van der Waals surface area contributed by atoms with Gasteiger partial charge in [0.2, 0.25) is 5.91 Å². The summed E-state index contributed by atoms with van der Waals surface area (Å²) in [6.07, 6.45) is 4.39. The maximum Gasteiger partial charge on any atom is 0.251 e. The Morgan fingerprint density at radius 1 is 1.17 bits per heavy atom. The quantitative estimate of drug-likeness (QED) is 0.727. The van der Waals surface area contributed by atoms with Gasteiger partial charge in [-0.15, -0.1) is 0 Å². The maximum atomic E-state index is 12.7. The number of carbonyl (C=O) groups is 2. The second kappa shape index (κ2) is 7.87. The number of benzene rings is 2. The number of aromatic nitrogens is 3. The molecule has 4 rings (SSSR count). The summed E-state index contributed by atoms with van der Waals surface area (Å²) in [5.41, 5.74) is 4.49. The Bertz CT molecular complexity index is 1030. The van der Waals surface area contributed by atoms with Crippen LogP contribution < -0.4 is 10.2 Å². The van der Waals surface area contributed by atoms with Crippen LogP contribution in [-0.4, -0.2) is 33.1 Å². The summed E-state index contributed by atoms with van der Waals surface area (Å²) in [5.74, 6) is -0.00941. The lowest BCUT2D eigenvalue weighted by molar-refractivity contribution is -0.118. The van der Waals surface area contributed by atoms with Gasteiger partial charge in [0, 0.05) is 24.2 Å². The lowest BCUT2D eigenvalue weighted by Crippen LogP contribution is -2.28. The summed E-state index contributed by atoms with van der Waals surface area (Å²) < 4.78 is 1.68. The molecule has 29 heavy (non-hydrogen) atoms. The van der Waals surface area contributed by atoms with Crippen molar-refractivity contribution in [1.82, 2.24) is 20.1 Å². The normalized spacial score (nSPS) is 13.8. The molecule has 0 radical (unpaired) electrons. The van der Waals surface area contributed by atoms with Gasteiger partial charge in [0.1, 0.15) is 12.7 Å². The van der Waals surface area contributed by atoms with Gasteiger partial charge in [-0.25, -0.2) is 9.67 Å². The molecule has 1 aliphatic rings. The molecule has 7 heteroatoms. The zero-order chi connectivity index (χ0) is 20.4. The zero-order valence-electron chi connectivity index (χ0n) is 16.5. The fraction of sp³-hybridized carbons (Fsp3) is 0.273. The van der Waals surface area contributed by atoms with Gasteiger partial charge in [0.25, 0.3) is 5.91 Å². The standard InChI is InChI=1S/C22H23N5O2/c1-3-21(28)26-11-10-17-12-18(6-9-20(17)26)22(29)25-15(2)16-4-7-19(8-5-16)27-14-23-13-24-27/h4-9,12-15H,3,10-11H2,1-2H3,(H,25,29).